The molecule has 0 radical (unpaired) electrons. The van der Waals surface area contributed by atoms with Crippen LogP contribution in [0, 0.1) is 3.57 Å². The van der Waals surface area contributed by atoms with Crippen LogP contribution in [0.2, 0.25) is 0 Å². The maximum Gasteiger partial charge on any atom is 0.362 e. The summed E-state index contributed by atoms with van der Waals surface area (Å²) in [7, 11) is 0. The third-order valence-corrected chi connectivity index (χ3v) is 3.59. The van der Waals surface area contributed by atoms with Crippen molar-refractivity contribution in [2.45, 2.75) is 20.3 Å². The summed E-state index contributed by atoms with van der Waals surface area (Å²) in [5.41, 5.74) is 0.793. The number of aromatic nitrogens is 2. The molecule has 110 valence electrons. The maximum absolute atomic E-state index is 12.2. The van der Waals surface area contributed by atoms with Crippen LogP contribution in [0.1, 0.15) is 29.9 Å². The number of carbonyl (C=O) groups is 1. The Labute approximate surface area is 136 Å². The average molecular weight is 398 g/mol. The van der Waals surface area contributed by atoms with Gasteiger partial charge in [-0.3, -0.25) is 4.79 Å². The molecule has 0 aliphatic carbocycles. The number of halogens is 1. The molecule has 0 saturated carbocycles. The molecule has 0 bridgehead atoms. The second kappa shape index (κ2) is 6.84. The Morgan fingerprint density at radius 3 is 2.76 bits per heavy atom. The van der Waals surface area contributed by atoms with Crippen molar-refractivity contribution in [3.63, 3.8) is 0 Å². The Kier molecular flexibility index (Phi) is 5.11. The third kappa shape index (κ3) is 3.49. The first-order valence-electron chi connectivity index (χ1n) is 6.62. The molecular formula is C15H15IN2O3. The number of hydrogen-bond acceptors (Lipinski definition) is 4. The zero-order valence-corrected chi connectivity index (χ0v) is 14.0. The van der Waals surface area contributed by atoms with Crippen molar-refractivity contribution in [1.82, 2.24) is 9.78 Å². The van der Waals surface area contributed by atoms with Gasteiger partial charge >= 0.3 is 5.97 Å². The van der Waals surface area contributed by atoms with E-state index in [0.29, 0.717) is 12.0 Å². The molecule has 6 heteroatoms. The van der Waals surface area contributed by atoms with E-state index in [0.717, 1.165) is 9.26 Å². The van der Waals surface area contributed by atoms with E-state index in [1.807, 2.05) is 31.2 Å². The number of nitrogens with zero attached hydrogens (tertiary/aromatic N) is 2. The summed E-state index contributed by atoms with van der Waals surface area (Å²) in [6, 6.07) is 7.65. The second-order valence-corrected chi connectivity index (χ2v) is 5.58. The molecular weight excluding hydrogens is 383 g/mol. The van der Waals surface area contributed by atoms with Gasteiger partial charge in [0.1, 0.15) is 0 Å². The van der Waals surface area contributed by atoms with E-state index in [-0.39, 0.29) is 17.7 Å². The van der Waals surface area contributed by atoms with Crippen LogP contribution in [0.15, 0.2) is 35.3 Å². The van der Waals surface area contributed by atoms with Crippen molar-refractivity contribution in [3.8, 4) is 5.69 Å². The smallest absolute Gasteiger partial charge is 0.362 e. The number of benzene rings is 1. The van der Waals surface area contributed by atoms with Crippen LogP contribution in [0.4, 0.5) is 0 Å². The highest BCUT2D eigenvalue weighted by molar-refractivity contribution is 14.1. The molecule has 0 amide bonds. The molecule has 0 saturated heterocycles. The van der Waals surface area contributed by atoms with Crippen LogP contribution in [-0.2, 0) is 11.2 Å². The van der Waals surface area contributed by atoms with Crippen LogP contribution in [0.25, 0.3) is 5.69 Å². The van der Waals surface area contributed by atoms with Gasteiger partial charge in [0.15, 0.2) is 0 Å². The molecule has 0 unspecified atom stereocenters. The molecule has 1 aromatic carbocycles. The normalized spacial score (nSPS) is 10.4. The maximum atomic E-state index is 12.2. The van der Waals surface area contributed by atoms with Crippen molar-refractivity contribution in [1.29, 1.82) is 0 Å². The van der Waals surface area contributed by atoms with Gasteiger partial charge in [0.25, 0.3) is 0 Å². The topological polar surface area (TPSA) is 61.2 Å². The van der Waals surface area contributed by atoms with Gasteiger partial charge in [-0.1, -0.05) is 13.0 Å². The fraction of sp³-hybridized carbons (Fsp3) is 0.267. The first-order valence-corrected chi connectivity index (χ1v) is 7.70. The van der Waals surface area contributed by atoms with Crippen LogP contribution < -0.4 is 5.43 Å². The monoisotopic (exact) mass is 398 g/mol. The highest BCUT2D eigenvalue weighted by Crippen LogP contribution is 2.12. The van der Waals surface area contributed by atoms with Crippen molar-refractivity contribution in [2.24, 2.45) is 0 Å². The summed E-state index contributed by atoms with van der Waals surface area (Å²) in [6.07, 6.45) is 2.19. The van der Waals surface area contributed by atoms with Crippen molar-refractivity contribution >= 4 is 28.6 Å². The molecule has 0 spiro atoms. The molecule has 1 heterocycles. The summed E-state index contributed by atoms with van der Waals surface area (Å²) >= 11 is 2.20. The predicted octanol–water partition coefficient (Wildman–Crippen LogP) is 2.58. The van der Waals surface area contributed by atoms with E-state index >= 15 is 0 Å². The van der Waals surface area contributed by atoms with E-state index in [4.69, 9.17) is 4.74 Å². The third-order valence-electron chi connectivity index (χ3n) is 2.92. The molecule has 2 aromatic rings. The lowest BCUT2D eigenvalue weighted by Gasteiger charge is -2.10. The Morgan fingerprint density at radius 2 is 2.14 bits per heavy atom. The molecule has 0 atom stereocenters. The highest BCUT2D eigenvalue weighted by atomic mass is 127. The lowest BCUT2D eigenvalue weighted by Crippen LogP contribution is -2.26. The molecule has 21 heavy (non-hydrogen) atoms. The predicted molar refractivity (Wildman–Crippen MR) is 87.9 cm³/mol. The summed E-state index contributed by atoms with van der Waals surface area (Å²) in [5.74, 6) is -0.683. The summed E-state index contributed by atoms with van der Waals surface area (Å²) in [4.78, 5) is 24.1. The van der Waals surface area contributed by atoms with E-state index in [1.165, 1.54) is 0 Å². The van der Waals surface area contributed by atoms with Crippen LogP contribution >= 0.6 is 22.6 Å². The zero-order valence-electron chi connectivity index (χ0n) is 11.8. The number of carbonyl (C=O) groups excluding carboxylic acids is 1. The summed E-state index contributed by atoms with van der Waals surface area (Å²) < 4.78 is 7.50. The van der Waals surface area contributed by atoms with Gasteiger partial charge in [0, 0.05) is 15.3 Å². The molecule has 0 fully saturated rings. The Hall–Kier alpha value is -1.70. The largest absolute Gasteiger partial charge is 0.461 e. The van der Waals surface area contributed by atoms with Gasteiger partial charge in [-0.15, -0.1) is 0 Å². The molecule has 5 nitrogen and oxygen atoms in total. The quantitative estimate of drug-likeness (QED) is 0.587. The van der Waals surface area contributed by atoms with Gasteiger partial charge in [-0.25, -0.2) is 9.48 Å². The van der Waals surface area contributed by atoms with Gasteiger partial charge < -0.3 is 4.74 Å². The molecule has 1 aromatic heterocycles. The van der Waals surface area contributed by atoms with Crippen molar-refractivity contribution in [2.75, 3.05) is 6.61 Å². The second-order valence-electron chi connectivity index (χ2n) is 4.33. The zero-order chi connectivity index (χ0) is 15.4. The average Bonchev–Trinajstić information content (AvgIpc) is 2.47. The van der Waals surface area contributed by atoms with Crippen LogP contribution in [0.3, 0.4) is 0 Å². The summed E-state index contributed by atoms with van der Waals surface area (Å²) in [6.45, 7) is 3.77. The molecule has 0 aliphatic heterocycles. The number of aryl methyl sites for hydroxylation is 1. The van der Waals surface area contributed by atoms with E-state index < -0.39 is 5.97 Å². The Morgan fingerprint density at radius 1 is 1.38 bits per heavy atom. The minimum Gasteiger partial charge on any atom is -0.461 e. The first-order chi connectivity index (χ1) is 10.1. The van der Waals surface area contributed by atoms with Crippen LogP contribution in [0.5, 0.6) is 0 Å². The number of esters is 1. The summed E-state index contributed by atoms with van der Waals surface area (Å²) in [5, 5.41) is 4.14. The molecule has 2 rings (SSSR count). The minimum absolute atomic E-state index is 0.171. The van der Waals surface area contributed by atoms with Crippen molar-refractivity contribution < 1.29 is 9.53 Å². The fourth-order valence-electron chi connectivity index (χ4n) is 1.88. The molecule has 0 N–H and O–H groups in total. The van der Waals surface area contributed by atoms with E-state index in [2.05, 4.69) is 27.7 Å². The van der Waals surface area contributed by atoms with Gasteiger partial charge in [0.05, 0.1) is 12.3 Å². The van der Waals surface area contributed by atoms with Crippen molar-refractivity contribution in [3.05, 3.63) is 55.5 Å². The standard InChI is InChI=1S/C15H15IN2O3/c1-3-10-9-18(12-7-5-6-11(16)8-12)17-13(14(10)19)15(20)21-4-2/h5-9H,3-4H2,1-2H3. The van der Waals surface area contributed by atoms with Crippen LogP contribution in [-0.4, -0.2) is 22.4 Å². The minimum atomic E-state index is -0.683. The van der Waals surface area contributed by atoms with E-state index in [1.54, 1.807) is 17.8 Å². The highest BCUT2D eigenvalue weighted by Gasteiger charge is 2.17. The van der Waals surface area contributed by atoms with Gasteiger partial charge in [-0.05, 0) is 54.1 Å². The fourth-order valence-corrected chi connectivity index (χ4v) is 2.40. The van der Waals surface area contributed by atoms with Gasteiger partial charge in [0.2, 0.25) is 11.1 Å². The lowest BCUT2D eigenvalue weighted by molar-refractivity contribution is 0.0515. The SMILES string of the molecule is CCOC(=O)c1nn(-c2cccc(I)c2)cc(CC)c1=O. The molecule has 0 aliphatic rings. The number of ether oxygens (including phenoxy) is 1. The number of rotatable bonds is 4. The Bertz CT molecular complexity index is 725. The first kappa shape index (κ1) is 15.7. The Balaban J connectivity index is 2.60. The number of hydrogen-bond donors (Lipinski definition) is 0. The van der Waals surface area contributed by atoms with Gasteiger partial charge in [-0.2, -0.15) is 5.10 Å². The lowest BCUT2D eigenvalue weighted by atomic mass is 10.2. The van der Waals surface area contributed by atoms with E-state index in [9.17, 15) is 9.59 Å².